The van der Waals surface area contributed by atoms with E-state index in [1.165, 1.54) is 96.3 Å². The molecular weight excluding hydrogens is 622 g/mol. The van der Waals surface area contributed by atoms with Gasteiger partial charge in [-0.05, 0) is 116 Å². The predicted molar refractivity (Wildman–Crippen MR) is 187 cm³/mol. The molecule has 0 aromatic heterocycles. The molecule has 0 atom stereocenters. The summed E-state index contributed by atoms with van der Waals surface area (Å²) in [5.41, 5.74) is 5.51. The van der Waals surface area contributed by atoms with E-state index >= 15 is 0 Å². The standard InChI is InChI=1S/C34H50BrN5S2/c1-28-24-38(41-34-15-13-33(14-16-34)36(2)3)20-7-18-37(26-29-9-5-4-6-10-29)19-8-21-39(25-28)42-40-22-17-30-23-32(35)12-11-31(30)27-40/h11-16,23,29H,1,4-10,17-22,24-27H2,2-3H3. The van der Waals surface area contributed by atoms with Crippen LogP contribution in [0, 0.1) is 5.92 Å². The highest BCUT2D eigenvalue weighted by molar-refractivity contribution is 9.10. The quantitative estimate of drug-likeness (QED) is 0.216. The maximum absolute atomic E-state index is 4.60. The molecule has 42 heavy (non-hydrogen) atoms. The highest BCUT2D eigenvalue weighted by Gasteiger charge is 2.23. The average Bonchev–Trinajstić information content (AvgIpc) is 2.97. The molecule has 0 amide bonds. The first kappa shape index (κ1) is 32.4. The number of halogens is 1. The Morgan fingerprint density at radius 2 is 1.48 bits per heavy atom. The zero-order chi connectivity index (χ0) is 29.3. The van der Waals surface area contributed by atoms with Gasteiger partial charge >= 0.3 is 0 Å². The summed E-state index contributed by atoms with van der Waals surface area (Å²) in [6.07, 6.45) is 10.7. The first-order chi connectivity index (χ1) is 20.4. The molecule has 3 aliphatic rings. The van der Waals surface area contributed by atoms with Crippen molar-refractivity contribution in [1.29, 1.82) is 0 Å². The van der Waals surface area contributed by atoms with E-state index in [-0.39, 0.29) is 0 Å². The van der Waals surface area contributed by atoms with Crippen LogP contribution in [0.25, 0.3) is 0 Å². The Kier molecular flexibility index (Phi) is 12.6. The first-order valence-electron chi connectivity index (χ1n) is 16.0. The van der Waals surface area contributed by atoms with Gasteiger partial charge in [-0.15, -0.1) is 0 Å². The van der Waals surface area contributed by atoms with E-state index in [1.807, 2.05) is 24.1 Å². The summed E-state index contributed by atoms with van der Waals surface area (Å²) in [7, 11) is 4.21. The Hall–Kier alpha value is -1.00. The lowest BCUT2D eigenvalue weighted by molar-refractivity contribution is 0.189. The van der Waals surface area contributed by atoms with Crippen molar-refractivity contribution < 1.29 is 0 Å². The summed E-state index contributed by atoms with van der Waals surface area (Å²) in [6, 6.07) is 15.8. The Labute approximate surface area is 272 Å². The van der Waals surface area contributed by atoms with Crippen LogP contribution in [-0.4, -0.2) is 84.3 Å². The van der Waals surface area contributed by atoms with E-state index in [1.54, 1.807) is 0 Å². The van der Waals surface area contributed by atoms with E-state index in [4.69, 9.17) is 0 Å². The fourth-order valence-corrected chi connectivity index (χ4v) is 9.09. The van der Waals surface area contributed by atoms with E-state index in [2.05, 4.69) is 102 Å². The van der Waals surface area contributed by atoms with Gasteiger partial charge in [-0.1, -0.05) is 47.8 Å². The molecule has 230 valence electrons. The maximum Gasteiger partial charge on any atom is 0.0361 e. The lowest BCUT2D eigenvalue weighted by Crippen LogP contribution is -2.37. The van der Waals surface area contributed by atoms with Crippen LogP contribution in [0.5, 0.6) is 0 Å². The number of rotatable bonds is 7. The van der Waals surface area contributed by atoms with Crippen LogP contribution in [0.2, 0.25) is 0 Å². The Morgan fingerprint density at radius 3 is 2.21 bits per heavy atom. The molecule has 5 nitrogen and oxygen atoms in total. The number of hydrogen-bond donors (Lipinski definition) is 0. The van der Waals surface area contributed by atoms with Gasteiger partial charge in [0, 0.05) is 87.1 Å². The van der Waals surface area contributed by atoms with Crippen molar-refractivity contribution in [2.45, 2.75) is 62.8 Å². The summed E-state index contributed by atoms with van der Waals surface area (Å²) >= 11 is 7.51. The highest BCUT2D eigenvalue weighted by Crippen LogP contribution is 2.31. The second kappa shape index (κ2) is 16.4. The van der Waals surface area contributed by atoms with Gasteiger partial charge in [0.25, 0.3) is 0 Å². The molecule has 0 spiro atoms. The molecule has 1 saturated carbocycles. The molecule has 5 rings (SSSR count). The van der Waals surface area contributed by atoms with E-state index < -0.39 is 0 Å². The van der Waals surface area contributed by atoms with E-state index in [0.29, 0.717) is 0 Å². The Balaban J connectivity index is 1.25. The van der Waals surface area contributed by atoms with Crippen molar-refractivity contribution in [2.75, 3.05) is 71.4 Å². The third-order valence-electron chi connectivity index (χ3n) is 8.77. The number of hydrogen-bond acceptors (Lipinski definition) is 7. The van der Waals surface area contributed by atoms with Gasteiger partial charge in [-0.3, -0.25) is 0 Å². The van der Waals surface area contributed by atoms with Crippen LogP contribution >= 0.6 is 40.0 Å². The first-order valence-corrected chi connectivity index (χ1v) is 18.3. The number of fused-ring (bicyclic) bond motifs is 1. The lowest BCUT2D eigenvalue weighted by atomic mass is 9.89. The number of anilines is 1. The molecular formula is C34H50BrN5S2. The molecule has 1 saturated heterocycles. The van der Waals surface area contributed by atoms with E-state index in [9.17, 15) is 0 Å². The van der Waals surface area contributed by atoms with Crippen molar-refractivity contribution in [3.05, 3.63) is 70.2 Å². The molecule has 2 aromatic carbocycles. The van der Waals surface area contributed by atoms with Crippen LogP contribution in [0.3, 0.4) is 0 Å². The van der Waals surface area contributed by atoms with Crippen LogP contribution in [-0.2, 0) is 13.0 Å². The Morgan fingerprint density at radius 1 is 0.786 bits per heavy atom. The zero-order valence-corrected chi connectivity index (χ0v) is 29.0. The molecule has 0 bridgehead atoms. The summed E-state index contributed by atoms with van der Waals surface area (Å²) in [4.78, 5) is 6.28. The molecule has 1 aliphatic carbocycles. The van der Waals surface area contributed by atoms with Crippen molar-refractivity contribution in [2.24, 2.45) is 5.92 Å². The van der Waals surface area contributed by atoms with E-state index in [0.717, 1.165) is 51.6 Å². The van der Waals surface area contributed by atoms with Crippen LogP contribution in [0.15, 0.2) is 64.0 Å². The zero-order valence-electron chi connectivity index (χ0n) is 25.8. The maximum atomic E-state index is 4.60. The Bertz CT molecular complexity index is 1140. The van der Waals surface area contributed by atoms with Gasteiger partial charge in [-0.25, -0.2) is 12.9 Å². The minimum Gasteiger partial charge on any atom is -0.378 e. The second-order valence-electron chi connectivity index (χ2n) is 12.6. The van der Waals surface area contributed by atoms with Crippen LogP contribution in [0.4, 0.5) is 5.69 Å². The summed E-state index contributed by atoms with van der Waals surface area (Å²) in [5, 5.41) is 0. The molecule has 2 heterocycles. The smallest absolute Gasteiger partial charge is 0.0361 e. The minimum atomic E-state index is 0.894. The van der Waals surface area contributed by atoms with Gasteiger partial charge in [-0.2, -0.15) is 0 Å². The van der Waals surface area contributed by atoms with Gasteiger partial charge in [0.1, 0.15) is 0 Å². The van der Waals surface area contributed by atoms with Crippen molar-refractivity contribution in [3.8, 4) is 0 Å². The fourth-order valence-electron chi connectivity index (χ4n) is 6.51. The molecule has 8 heteroatoms. The number of benzene rings is 2. The van der Waals surface area contributed by atoms with Gasteiger partial charge in [0.2, 0.25) is 0 Å². The lowest BCUT2D eigenvalue weighted by Gasteiger charge is -2.35. The SMILES string of the molecule is C=C1CN(Sc2ccc(N(C)C)cc2)CCCN(CC2CCCCC2)CCCN(SN2CCc3cc(Br)ccc3C2)C1. The largest absolute Gasteiger partial charge is 0.378 e. The molecule has 0 N–H and O–H groups in total. The minimum absolute atomic E-state index is 0.894. The molecule has 2 fully saturated rings. The predicted octanol–water partition coefficient (Wildman–Crippen LogP) is 7.98. The third-order valence-corrected chi connectivity index (χ3v) is 11.4. The molecule has 2 aromatic rings. The average molecular weight is 673 g/mol. The van der Waals surface area contributed by atoms with Crippen molar-refractivity contribution in [3.63, 3.8) is 0 Å². The van der Waals surface area contributed by atoms with Crippen LogP contribution < -0.4 is 4.90 Å². The van der Waals surface area contributed by atoms with Gasteiger partial charge < -0.3 is 9.80 Å². The topological polar surface area (TPSA) is 16.2 Å². The molecule has 0 radical (unpaired) electrons. The monoisotopic (exact) mass is 671 g/mol. The summed E-state index contributed by atoms with van der Waals surface area (Å²) in [5.74, 6) is 0.894. The highest BCUT2D eigenvalue weighted by atomic mass is 79.9. The summed E-state index contributed by atoms with van der Waals surface area (Å²) in [6.45, 7) is 14.5. The van der Waals surface area contributed by atoms with Crippen LogP contribution in [0.1, 0.15) is 56.1 Å². The van der Waals surface area contributed by atoms with Gasteiger partial charge in [0.05, 0.1) is 0 Å². The molecule has 2 aliphatic heterocycles. The summed E-state index contributed by atoms with van der Waals surface area (Å²) < 4.78 is 8.91. The van der Waals surface area contributed by atoms with Crippen molar-refractivity contribution in [1.82, 2.24) is 17.8 Å². The van der Waals surface area contributed by atoms with Gasteiger partial charge in [0.15, 0.2) is 0 Å². The second-order valence-corrected chi connectivity index (χ2v) is 15.9. The fraction of sp³-hybridized carbons (Fsp3) is 0.588. The normalized spacial score (nSPS) is 21.5. The molecule has 0 unspecified atom stereocenters. The van der Waals surface area contributed by atoms with Crippen molar-refractivity contribution >= 4 is 45.7 Å². The number of nitrogens with zero attached hydrogens (tertiary/aromatic N) is 5. The third kappa shape index (κ3) is 10.0.